The Morgan fingerprint density at radius 1 is 1.26 bits per heavy atom. The van der Waals surface area contributed by atoms with Gasteiger partial charge in [0.15, 0.2) is 0 Å². The molecule has 0 fully saturated rings. The maximum absolute atomic E-state index is 12.5. The van der Waals surface area contributed by atoms with Gasteiger partial charge in [0.2, 0.25) is 10.0 Å². The van der Waals surface area contributed by atoms with Crippen molar-refractivity contribution < 1.29 is 18.3 Å². The molecule has 0 atom stereocenters. The van der Waals surface area contributed by atoms with Gasteiger partial charge >= 0.3 is 0 Å². The van der Waals surface area contributed by atoms with Gasteiger partial charge in [-0.3, -0.25) is 0 Å². The van der Waals surface area contributed by atoms with Gasteiger partial charge in [0.1, 0.15) is 5.75 Å². The van der Waals surface area contributed by atoms with Crippen LogP contribution in [0, 0.1) is 13.8 Å². The number of aryl methyl sites for hydroxylation is 2. The molecule has 0 unspecified atom stereocenters. The van der Waals surface area contributed by atoms with Crippen molar-refractivity contribution in [1.29, 1.82) is 0 Å². The second-order valence-corrected chi connectivity index (χ2v) is 6.21. The lowest BCUT2D eigenvalue weighted by atomic mass is 10.1. The van der Waals surface area contributed by atoms with Crippen LogP contribution in [0.25, 0.3) is 0 Å². The van der Waals surface area contributed by atoms with E-state index in [2.05, 4.69) is 0 Å². The summed E-state index contributed by atoms with van der Waals surface area (Å²) < 4.78 is 31.4. The van der Waals surface area contributed by atoms with Gasteiger partial charge < -0.3 is 9.84 Å². The Balaban J connectivity index is 3.32. The Bertz CT molecular complexity index is 540. The molecule has 1 aromatic carbocycles. The minimum atomic E-state index is -3.57. The highest BCUT2D eigenvalue weighted by Gasteiger charge is 2.25. The number of sulfonamides is 1. The number of ether oxygens (including phenoxy) is 1. The Labute approximate surface area is 114 Å². The molecule has 0 spiro atoms. The number of aliphatic hydroxyl groups excluding tert-OH is 1. The highest BCUT2D eigenvalue weighted by molar-refractivity contribution is 7.89. The van der Waals surface area contributed by atoms with Gasteiger partial charge in [-0.2, -0.15) is 4.31 Å². The van der Waals surface area contributed by atoms with Gasteiger partial charge in [-0.25, -0.2) is 8.42 Å². The average Bonchev–Trinajstić information content (AvgIpc) is 2.37. The van der Waals surface area contributed by atoms with Crippen molar-refractivity contribution in [2.45, 2.75) is 25.7 Å². The first-order valence-electron chi connectivity index (χ1n) is 6.14. The van der Waals surface area contributed by atoms with Crippen LogP contribution in [0.15, 0.2) is 17.0 Å². The van der Waals surface area contributed by atoms with Gasteiger partial charge in [-0.15, -0.1) is 0 Å². The molecular weight excluding hydrogens is 266 g/mol. The van der Waals surface area contributed by atoms with Crippen LogP contribution in [0.2, 0.25) is 0 Å². The predicted octanol–water partition coefficient (Wildman–Crippen LogP) is 1.31. The van der Waals surface area contributed by atoms with Crippen molar-refractivity contribution in [3.05, 3.63) is 23.3 Å². The van der Waals surface area contributed by atoms with Crippen LogP contribution in [-0.2, 0) is 10.0 Å². The third-order valence-corrected chi connectivity index (χ3v) is 5.13. The fourth-order valence-electron chi connectivity index (χ4n) is 1.96. The van der Waals surface area contributed by atoms with E-state index in [1.54, 1.807) is 40.0 Å². The van der Waals surface area contributed by atoms with Gasteiger partial charge in [-0.1, -0.05) is 6.92 Å². The molecule has 5 nitrogen and oxygen atoms in total. The number of rotatable bonds is 6. The zero-order valence-corrected chi connectivity index (χ0v) is 12.6. The Morgan fingerprint density at radius 3 is 2.37 bits per heavy atom. The van der Waals surface area contributed by atoms with E-state index in [1.807, 2.05) is 0 Å². The minimum absolute atomic E-state index is 0.101. The van der Waals surface area contributed by atoms with Crippen molar-refractivity contribution in [1.82, 2.24) is 4.31 Å². The van der Waals surface area contributed by atoms with E-state index in [-0.39, 0.29) is 18.0 Å². The lowest BCUT2D eigenvalue weighted by Gasteiger charge is -2.21. The number of aliphatic hydroxyl groups is 1. The van der Waals surface area contributed by atoms with Crippen molar-refractivity contribution >= 4 is 10.0 Å². The molecular formula is C13H21NO4S. The maximum Gasteiger partial charge on any atom is 0.243 e. The minimum Gasteiger partial charge on any atom is -0.496 e. The fraction of sp³-hybridized carbons (Fsp3) is 0.538. The zero-order chi connectivity index (χ0) is 14.6. The Hall–Kier alpha value is -1.11. The van der Waals surface area contributed by atoms with Gasteiger partial charge in [0.25, 0.3) is 0 Å². The topological polar surface area (TPSA) is 66.8 Å². The number of nitrogens with zero attached hydrogens (tertiary/aromatic N) is 1. The second kappa shape index (κ2) is 6.36. The van der Waals surface area contributed by atoms with Gasteiger partial charge in [0, 0.05) is 13.1 Å². The summed E-state index contributed by atoms with van der Waals surface area (Å²) in [6.45, 7) is 5.53. The van der Waals surface area contributed by atoms with Crippen molar-refractivity contribution in [2.75, 3.05) is 26.8 Å². The summed E-state index contributed by atoms with van der Waals surface area (Å²) in [5, 5.41) is 8.96. The molecule has 0 aliphatic rings. The maximum atomic E-state index is 12.5. The highest BCUT2D eigenvalue weighted by atomic mass is 32.2. The molecule has 0 aliphatic carbocycles. The van der Waals surface area contributed by atoms with Gasteiger partial charge in [0.05, 0.1) is 18.6 Å². The standard InChI is InChI=1S/C13H21NO4S/c1-5-14(6-7-15)19(16,17)13-9-10(2)12(18-4)8-11(13)3/h8-9,15H,5-7H2,1-4H3. The molecule has 0 aromatic heterocycles. The lowest BCUT2D eigenvalue weighted by Crippen LogP contribution is -2.33. The highest BCUT2D eigenvalue weighted by Crippen LogP contribution is 2.27. The van der Waals surface area contributed by atoms with Crippen molar-refractivity contribution in [3.63, 3.8) is 0 Å². The normalized spacial score (nSPS) is 11.9. The molecule has 1 aromatic rings. The molecule has 0 amide bonds. The molecule has 0 saturated carbocycles. The molecule has 0 saturated heterocycles. The van der Waals surface area contributed by atoms with Crippen LogP contribution in [0.4, 0.5) is 0 Å². The van der Waals surface area contributed by atoms with E-state index in [0.717, 1.165) is 5.56 Å². The number of benzene rings is 1. The second-order valence-electron chi connectivity index (χ2n) is 4.31. The monoisotopic (exact) mass is 287 g/mol. The molecule has 6 heteroatoms. The van der Waals surface area contributed by atoms with Crippen LogP contribution in [0.5, 0.6) is 5.75 Å². The summed E-state index contributed by atoms with van der Waals surface area (Å²) in [5.41, 5.74) is 1.41. The Kier molecular flexibility index (Phi) is 5.34. The number of methoxy groups -OCH3 is 1. The first-order chi connectivity index (χ1) is 8.88. The van der Waals surface area contributed by atoms with Crippen LogP contribution in [0.1, 0.15) is 18.1 Å². The van der Waals surface area contributed by atoms with E-state index in [4.69, 9.17) is 9.84 Å². The number of hydrogen-bond acceptors (Lipinski definition) is 4. The van der Waals surface area contributed by atoms with Crippen LogP contribution in [0.3, 0.4) is 0 Å². The summed E-state index contributed by atoms with van der Waals surface area (Å²) in [7, 11) is -2.02. The van der Waals surface area contributed by atoms with Crippen LogP contribution >= 0.6 is 0 Å². The third-order valence-electron chi connectivity index (χ3n) is 3.01. The quantitative estimate of drug-likeness (QED) is 0.857. The number of likely N-dealkylation sites (N-methyl/N-ethyl adjacent to an activating group) is 1. The first-order valence-corrected chi connectivity index (χ1v) is 7.58. The molecule has 1 N–H and O–H groups in total. The van der Waals surface area contributed by atoms with Crippen LogP contribution in [-0.4, -0.2) is 44.6 Å². The first kappa shape index (κ1) is 15.9. The van der Waals surface area contributed by atoms with Crippen molar-refractivity contribution in [3.8, 4) is 5.75 Å². The molecule has 1 rings (SSSR count). The van der Waals surface area contributed by atoms with Crippen molar-refractivity contribution in [2.24, 2.45) is 0 Å². The SMILES string of the molecule is CCN(CCO)S(=O)(=O)c1cc(C)c(OC)cc1C. The van der Waals surface area contributed by atoms with Crippen LogP contribution < -0.4 is 4.74 Å². The molecule has 0 heterocycles. The summed E-state index contributed by atoms with van der Waals surface area (Å²) >= 11 is 0. The largest absolute Gasteiger partial charge is 0.496 e. The predicted molar refractivity (Wildman–Crippen MR) is 74.0 cm³/mol. The molecule has 0 aliphatic heterocycles. The van der Waals surface area contributed by atoms with E-state index in [9.17, 15) is 8.42 Å². The van der Waals surface area contributed by atoms with E-state index in [0.29, 0.717) is 17.9 Å². The molecule has 0 bridgehead atoms. The van der Waals surface area contributed by atoms with E-state index in [1.165, 1.54) is 4.31 Å². The molecule has 0 radical (unpaired) electrons. The van der Waals surface area contributed by atoms with E-state index < -0.39 is 10.0 Å². The summed E-state index contributed by atoms with van der Waals surface area (Å²) in [6.07, 6.45) is 0. The lowest BCUT2D eigenvalue weighted by molar-refractivity contribution is 0.257. The molecule has 108 valence electrons. The van der Waals surface area contributed by atoms with Gasteiger partial charge in [-0.05, 0) is 37.1 Å². The van der Waals surface area contributed by atoms with E-state index >= 15 is 0 Å². The smallest absolute Gasteiger partial charge is 0.243 e. The number of hydrogen-bond donors (Lipinski definition) is 1. The third kappa shape index (κ3) is 3.26. The Morgan fingerprint density at radius 2 is 1.89 bits per heavy atom. The molecule has 19 heavy (non-hydrogen) atoms. The average molecular weight is 287 g/mol. The fourth-order valence-corrected chi connectivity index (χ4v) is 3.69. The zero-order valence-electron chi connectivity index (χ0n) is 11.8. The summed E-state index contributed by atoms with van der Waals surface area (Å²) in [4.78, 5) is 0.265. The summed E-state index contributed by atoms with van der Waals surface area (Å²) in [5.74, 6) is 0.668. The summed E-state index contributed by atoms with van der Waals surface area (Å²) in [6, 6.07) is 3.33.